The Labute approximate surface area is 201 Å². The van der Waals surface area contributed by atoms with Crippen LogP contribution in [0.3, 0.4) is 0 Å². The maximum absolute atomic E-state index is 13.1. The van der Waals surface area contributed by atoms with Gasteiger partial charge in [0, 0.05) is 25.4 Å². The van der Waals surface area contributed by atoms with Crippen molar-refractivity contribution in [3.8, 4) is 5.75 Å². The van der Waals surface area contributed by atoms with Crippen molar-refractivity contribution in [1.82, 2.24) is 9.55 Å². The molecule has 1 fully saturated rings. The standard InChI is InChI=1S/C29H31N3O2/c1-4-34-27-12-8-7-11-26(27)31-19-23(17-28(31)33)29-30-24-9-5-6-10-25(24)32(29)18-21-13-15-22(16-14-21)20(2)3/h5-16,20,23H,4,17-19H2,1-3H3. The quantitative estimate of drug-likeness (QED) is 0.338. The number of aromatic nitrogens is 2. The summed E-state index contributed by atoms with van der Waals surface area (Å²) in [5.41, 5.74) is 5.48. The fourth-order valence-electron chi connectivity index (χ4n) is 4.83. The zero-order chi connectivity index (χ0) is 23.7. The Balaban J connectivity index is 1.49. The molecule has 1 saturated heterocycles. The molecule has 5 rings (SSSR count). The highest BCUT2D eigenvalue weighted by molar-refractivity contribution is 5.97. The van der Waals surface area contributed by atoms with Gasteiger partial charge in [0.25, 0.3) is 0 Å². The molecule has 3 aromatic carbocycles. The first-order chi connectivity index (χ1) is 16.5. The predicted molar refractivity (Wildman–Crippen MR) is 137 cm³/mol. The van der Waals surface area contributed by atoms with Crippen LogP contribution < -0.4 is 9.64 Å². The van der Waals surface area contributed by atoms with Gasteiger partial charge in [0.05, 0.1) is 23.3 Å². The molecular formula is C29H31N3O2. The van der Waals surface area contributed by atoms with Crippen LogP contribution in [0.2, 0.25) is 0 Å². The van der Waals surface area contributed by atoms with Gasteiger partial charge in [-0.3, -0.25) is 4.79 Å². The van der Waals surface area contributed by atoms with Gasteiger partial charge in [0.2, 0.25) is 5.91 Å². The van der Waals surface area contributed by atoms with Crippen LogP contribution >= 0.6 is 0 Å². The van der Waals surface area contributed by atoms with Crippen molar-refractivity contribution in [3.63, 3.8) is 0 Å². The molecule has 1 unspecified atom stereocenters. The number of carbonyl (C=O) groups is 1. The normalized spacial score (nSPS) is 16.1. The Morgan fingerprint density at radius 3 is 2.50 bits per heavy atom. The Kier molecular flexibility index (Phi) is 6.10. The van der Waals surface area contributed by atoms with Gasteiger partial charge in [-0.25, -0.2) is 4.98 Å². The molecule has 174 valence electrons. The highest BCUT2D eigenvalue weighted by Gasteiger charge is 2.36. The summed E-state index contributed by atoms with van der Waals surface area (Å²) in [7, 11) is 0. The topological polar surface area (TPSA) is 47.4 Å². The number of nitrogens with zero attached hydrogens (tertiary/aromatic N) is 3. The number of fused-ring (bicyclic) bond motifs is 1. The summed E-state index contributed by atoms with van der Waals surface area (Å²) in [5.74, 6) is 2.35. The van der Waals surface area contributed by atoms with Crippen molar-refractivity contribution in [3.05, 3.63) is 89.7 Å². The summed E-state index contributed by atoms with van der Waals surface area (Å²) >= 11 is 0. The van der Waals surface area contributed by atoms with Gasteiger partial charge < -0.3 is 14.2 Å². The molecular weight excluding hydrogens is 422 g/mol. The molecule has 0 spiro atoms. The highest BCUT2D eigenvalue weighted by atomic mass is 16.5. The number of carbonyl (C=O) groups excluding carboxylic acids is 1. The lowest BCUT2D eigenvalue weighted by Crippen LogP contribution is -2.25. The maximum Gasteiger partial charge on any atom is 0.227 e. The summed E-state index contributed by atoms with van der Waals surface area (Å²) in [6.07, 6.45) is 0.441. The van der Waals surface area contributed by atoms with Crippen LogP contribution in [0.5, 0.6) is 5.75 Å². The second kappa shape index (κ2) is 9.34. The molecule has 1 atom stereocenters. The minimum atomic E-state index is 0.0181. The molecule has 4 aromatic rings. The van der Waals surface area contributed by atoms with Gasteiger partial charge in [-0.15, -0.1) is 0 Å². The highest BCUT2D eigenvalue weighted by Crippen LogP contribution is 2.37. The van der Waals surface area contributed by atoms with E-state index >= 15 is 0 Å². The van der Waals surface area contributed by atoms with E-state index in [4.69, 9.17) is 9.72 Å². The Hall–Kier alpha value is -3.60. The number of para-hydroxylation sites is 4. The monoisotopic (exact) mass is 453 g/mol. The molecule has 1 aromatic heterocycles. The number of hydrogen-bond donors (Lipinski definition) is 0. The number of amides is 1. The van der Waals surface area contributed by atoms with E-state index in [0.29, 0.717) is 25.5 Å². The summed E-state index contributed by atoms with van der Waals surface area (Å²) in [4.78, 5) is 20.0. The SMILES string of the molecule is CCOc1ccccc1N1CC(c2nc3ccccc3n2Cc2ccc(C(C)C)cc2)CC1=O. The summed E-state index contributed by atoms with van der Waals surface area (Å²) in [6, 6.07) is 24.9. The molecule has 2 heterocycles. The smallest absolute Gasteiger partial charge is 0.227 e. The van der Waals surface area contributed by atoms with Gasteiger partial charge in [0.15, 0.2) is 0 Å². The second-order valence-electron chi connectivity index (χ2n) is 9.25. The molecule has 34 heavy (non-hydrogen) atoms. The minimum absolute atomic E-state index is 0.0181. The van der Waals surface area contributed by atoms with Crippen LogP contribution in [0.1, 0.15) is 56.0 Å². The van der Waals surface area contributed by atoms with Crippen molar-refractivity contribution in [2.75, 3.05) is 18.1 Å². The first-order valence-corrected chi connectivity index (χ1v) is 12.1. The van der Waals surface area contributed by atoms with Crippen LogP contribution in [-0.4, -0.2) is 28.6 Å². The average molecular weight is 454 g/mol. The van der Waals surface area contributed by atoms with Gasteiger partial charge >= 0.3 is 0 Å². The molecule has 0 aliphatic carbocycles. The van der Waals surface area contributed by atoms with Gasteiger partial charge in [-0.1, -0.05) is 62.4 Å². The molecule has 5 heteroatoms. The number of rotatable bonds is 7. The Morgan fingerprint density at radius 2 is 1.74 bits per heavy atom. The van der Waals surface area contributed by atoms with Crippen LogP contribution in [-0.2, 0) is 11.3 Å². The van der Waals surface area contributed by atoms with E-state index in [9.17, 15) is 4.79 Å². The third-order valence-corrected chi connectivity index (χ3v) is 6.62. The van der Waals surface area contributed by atoms with E-state index in [2.05, 4.69) is 60.9 Å². The largest absolute Gasteiger partial charge is 0.492 e. The molecule has 0 saturated carbocycles. The Morgan fingerprint density at radius 1 is 1.00 bits per heavy atom. The zero-order valence-electron chi connectivity index (χ0n) is 20.1. The predicted octanol–water partition coefficient (Wildman–Crippen LogP) is 6.13. The molecule has 1 amide bonds. The molecule has 1 aliphatic heterocycles. The van der Waals surface area contributed by atoms with E-state index in [1.165, 1.54) is 11.1 Å². The molecule has 0 N–H and O–H groups in total. The molecule has 1 aliphatic rings. The van der Waals surface area contributed by atoms with Gasteiger partial charge in [0.1, 0.15) is 11.6 Å². The number of anilines is 1. The third kappa shape index (κ3) is 4.18. The fraction of sp³-hybridized carbons (Fsp3) is 0.310. The summed E-state index contributed by atoms with van der Waals surface area (Å²) < 4.78 is 8.09. The lowest BCUT2D eigenvalue weighted by molar-refractivity contribution is -0.117. The van der Waals surface area contributed by atoms with Crippen LogP contribution in [0.15, 0.2) is 72.8 Å². The zero-order valence-corrected chi connectivity index (χ0v) is 20.1. The minimum Gasteiger partial charge on any atom is -0.492 e. The number of imidazole rings is 1. The molecule has 0 radical (unpaired) electrons. The van der Waals surface area contributed by atoms with Crippen molar-refractivity contribution in [2.45, 2.75) is 45.6 Å². The van der Waals surface area contributed by atoms with E-state index < -0.39 is 0 Å². The average Bonchev–Trinajstić information content (AvgIpc) is 3.40. The number of ether oxygens (including phenoxy) is 1. The fourth-order valence-corrected chi connectivity index (χ4v) is 4.83. The first kappa shape index (κ1) is 22.2. The van der Waals surface area contributed by atoms with Gasteiger partial charge in [-0.05, 0) is 48.2 Å². The molecule has 5 nitrogen and oxygen atoms in total. The number of hydrogen-bond acceptors (Lipinski definition) is 3. The third-order valence-electron chi connectivity index (χ3n) is 6.62. The lowest BCUT2D eigenvalue weighted by atomic mass is 10.0. The van der Waals surface area contributed by atoms with E-state index in [1.54, 1.807) is 0 Å². The van der Waals surface area contributed by atoms with Crippen LogP contribution in [0, 0.1) is 0 Å². The van der Waals surface area contributed by atoms with E-state index in [0.717, 1.165) is 34.8 Å². The Bertz CT molecular complexity index is 1310. The number of benzene rings is 3. The maximum atomic E-state index is 13.1. The molecule has 0 bridgehead atoms. The summed E-state index contributed by atoms with van der Waals surface area (Å²) in [6.45, 7) is 8.27. The van der Waals surface area contributed by atoms with Crippen molar-refractivity contribution in [1.29, 1.82) is 0 Å². The second-order valence-corrected chi connectivity index (χ2v) is 9.25. The van der Waals surface area contributed by atoms with Crippen LogP contribution in [0.4, 0.5) is 5.69 Å². The van der Waals surface area contributed by atoms with E-state index in [-0.39, 0.29) is 11.8 Å². The van der Waals surface area contributed by atoms with Crippen molar-refractivity contribution in [2.24, 2.45) is 0 Å². The van der Waals surface area contributed by atoms with Crippen LogP contribution in [0.25, 0.3) is 11.0 Å². The first-order valence-electron chi connectivity index (χ1n) is 12.1. The van der Waals surface area contributed by atoms with E-state index in [1.807, 2.05) is 42.2 Å². The van der Waals surface area contributed by atoms with Gasteiger partial charge in [-0.2, -0.15) is 0 Å². The van der Waals surface area contributed by atoms with Crippen molar-refractivity contribution < 1.29 is 9.53 Å². The lowest BCUT2D eigenvalue weighted by Gasteiger charge is -2.20. The van der Waals surface area contributed by atoms with Crippen molar-refractivity contribution >= 4 is 22.6 Å². The summed E-state index contributed by atoms with van der Waals surface area (Å²) in [5, 5.41) is 0.